The summed E-state index contributed by atoms with van der Waals surface area (Å²) in [6.07, 6.45) is -4.76. The van der Waals surface area contributed by atoms with E-state index in [1.165, 1.54) is 12.1 Å². The summed E-state index contributed by atoms with van der Waals surface area (Å²) < 4.78 is 40.2. The van der Waals surface area contributed by atoms with Crippen molar-refractivity contribution in [3.05, 3.63) is 53.6 Å². The van der Waals surface area contributed by atoms with Crippen molar-refractivity contribution in [2.45, 2.75) is 13.0 Å². The van der Waals surface area contributed by atoms with Gasteiger partial charge in [0.1, 0.15) is 17.5 Å². The summed E-state index contributed by atoms with van der Waals surface area (Å²) in [7, 11) is 0. The molecule has 3 N–H and O–H groups in total. The van der Waals surface area contributed by atoms with E-state index >= 15 is 0 Å². The summed E-state index contributed by atoms with van der Waals surface area (Å²) in [6, 6.07) is 11.5. The fraction of sp³-hybridized carbons (Fsp3) is 0.125. The second-order valence-corrected chi connectivity index (χ2v) is 4.68. The van der Waals surface area contributed by atoms with Gasteiger partial charge in [-0.1, -0.05) is 12.1 Å². The Bertz CT molecular complexity index is 781. The van der Waals surface area contributed by atoms with Gasteiger partial charge in [-0.25, -0.2) is 0 Å². The Balaban J connectivity index is 2.29. The lowest BCUT2D eigenvalue weighted by Gasteiger charge is -2.14. The second kappa shape index (κ2) is 7.02. The van der Waals surface area contributed by atoms with Crippen LogP contribution < -0.4 is 10.1 Å². The van der Waals surface area contributed by atoms with Gasteiger partial charge in [0.05, 0.1) is 6.61 Å². The maximum Gasteiger partial charge on any atom is 0.573 e. The van der Waals surface area contributed by atoms with Gasteiger partial charge in [-0.3, -0.25) is 5.41 Å². The Morgan fingerprint density at radius 1 is 1.21 bits per heavy atom. The normalized spacial score (nSPS) is 10.8. The SMILES string of the molecule is N#CC(=N)c1c(CO)cccc1Nc1ccc(OC(F)(F)F)cc1. The monoisotopic (exact) mass is 335 g/mol. The third-order valence-electron chi connectivity index (χ3n) is 3.05. The van der Waals surface area contributed by atoms with E-state index in [0.717, 1.165) is 12.1 Å². The Kier molecular flexibility index (Phi) is 5.06. The van der Waals surface area contributed by atoms with Gasteiger partial charge < -0.3 is 15.2 Å². The fourth-order valence-corrected chi connectivity index (χ4v) is 2.08. The van der Waals surface area contributed by atoms with Crippen molar-refractivity contribution < 1.29 is 23.0 Å². The average Bonchev–Trinajstić information content (AvgIpc) is 2.54. The van der Waals surface area contributed by atoms with E-state index in [1.54, 1.807) is 24.3 Å². The van der Waals surface area contributed by atoms with Crippen LogP contribution in [-0.4, -0.2) is 17.2 Å². The van der Waals surface area contributed by atoms with E-state index in [2.05, 4.69) is 10.1 Å². The van der Waals surface area contributed by atoms with Crippen LogP contribution in [0.5, 0.6) is 5.75 Å². The van der Waals surface area contributed by atoms with Crippen molar-refractivity contribution in [1.82, 2.24) is 0 Å². The number of halogens is 3. The molecule has 0 aromatic heterocycles. The molecule has 0 saturated heterocycles. The van der Waals surface area contributed by atoms with Crippen LogP contribution in [-0.2, 0) is 6.61 Å². The molecule has 8 heteroatoms. The first-order valence-electron chi connectivity index (χ1n) is 6.68. The molecule has 5 nitrogen and oxygen atoms in total. The van der Waals surface area contributed by atoms with E-state index in [0.29, 0.717) is 16.9 Å². The van der Waals surface area contributed by atoms with Gasteiger partial charge in [0.15, 0.2) is 0 Å². The molecule has 0 heterocycles. The zero-order valence-corrected chi connectivity index (χ0v) is 12.2. The van der Waals surface area contributed by atoms with Crippen molar-refractivity contribution in [2.75, 3.05) is 5.32 Å². The maximum atomic E-state index is 12.1. The minimum atomic E-state index is -4.76. The summed E-state index contributed by atoms with van der Waals surface area (Å²) in [6.45, 7) is -0.354. The second-order valence-electron chi connectivity index (χ2n) is 4.68. The van der Waals surface area contributed by atoms with E-state index < -0.39 is 6.36 Å². The van der Waals surface area contributed by atoms with E-state index in [1.807, 2.05) is 0 Å². The van der Waals surface area contributed by atoms with Gasteiger partial charge in [0.25, 0.3) is 0 Å². The Morgan fingerprint density at radius 3 is 2.42 bits per heavy atom. The van der Waals surface area contributed by atoms with Crippen molar-refractivity contribution in [3.8, 4) is 11.8 Å². The van der Waals surface area contributed by atoms with E-state index in [-0.39, 0.29) is 23.6 Å². The van der Waals surface area contributed by atoms with E-state index in [4.69, 9.17) is 10.7 Å². The first kappa shape index (κ1) is 17.3. The van der Waals surface area contributed by atoms with Crippen LogP contribution in [0.15, 0.2) is 42.5 Å². The molecule has 0 atom stereocenters. The molecule has 0 aliphatic carbocycles. The molecular formula is C16H12F3N3O2. The number of aliphatic hydroxyl groups excluding tert-OH is 1. The zero-order valence-electron chi connectivity index (χ0n) is 12.2. The van der Waals surface area contributed by atoms with Gasteiger partial charge in [0, 0.05) is 16.9 Å². The molecule has 24 heavy (non-hydrogen) atoms. The lowest BCUT2D eigenvalue weighted by molar-refractivity contribution is -0.274. The largest absolute Gasteiger partial charge is 0.573 e. The summed E-state index contributed by atoms with van der Waals surface area (Å²) in [5.41, 5.74) is 1.12. The maximum absolute atomic E-state index is 12.1. The molecule has 0 unspecified atom stereocenters. The number of nitriles is 1. The Hall–Kier alpha value is -3.05. The van der Waals surface area contributed by atoms with Crippen LogP contribution in [0.25, 0.3) is 0 Å². The molecule has 124 valence electrons. The predicted molar refractivity (Wildman–Crippen MR) is 81.2 cm³/mol. The summed E-state index contributed by atoms with van der Waals surface area (Å²) in [5, 5.41) is 28.9. The summed E-state index contributed by atoms with van der Waals surface area (Å²) >= 11 is 0. The molecule has 0 aliphatic heterocycles. The standard InChI is InChI=1S/C16H12F3N3O2/c17-16(18,19)24-12-6-4-11(5-7-12)22-14-3-1-2-10(9-23)15(14)13(21)8-20/h1-7,21-23H,9H2. The topological polar surface area (TPSA) is 89.1 Å². The highest BCUT2D eigenvalue weighted by Gasteiger charge is 2.30. The molecule has 0 aliphatic rings. The summed E-state index contributed by atoms with van der Waals surface area (Å²) in [5.74, 6) is -0.359. The molecule has 0 radical (unpaired) electrons. The Labute approximate surface area is 135 Å². The molecule has 0 amide bonds. The van der Waals surface area contributed by atoms with Crippen LogP contribution >= 0.6 is 0 Å². The Morgan fingerprint density at radius 2 is 1.88 bits per heavy atom. The highest BCUT2D eigenvalue weighted by atomic mass is 19.4. The van der Waals surface area contributed by atoms with Crippen LogP contribution in [0.4, 0.5) is 24.5 Å². The number of hydrogen-bond acceptors (Lipinski definition) is 5. The van der Waals surface area contributed by atoms with Crippen LogP contribution in [0.1, 0.15) is 11.1 Å². The third-order valence-corrected chi connectivity index (χ3v) is 3.05. The number of ether oxygens (including phenoxy) is 1. The van der Waals surface area contributed by atoms with Crippen molar-refractivity contribution in [3.63, 3.8) is 0 Å². The molecule has 0 saturated carbocycles. The van der Waals surface area contributed by atoms with Gasteiger partial charge in [-0.2, -0.15) is 5.26 Å². The predicted octanol–water partition coefficient (Wildman–Crippen LogP) is 3.71. The number of nitrogens with one attached hydrogen (secondary N) is 2. The fourth-order valence-electron chi connectivity index (χ4n) is 2.08. The van der Waals surface area contributed by atoms with E-state index in [9.17, 15) is 18.3 Å². The molecule has 0 spiro atoms. The van der Waals surface area contributed by atoms with Crippen LogP contribution in [0.3, 0.4) is 0 Å². The number of alkyl halides is 3. The molecule has 2 aromatic rings. The summed E-state index contributed by atoms with van der Waals surface area (Å²) in [4.78, 5) is 0. The quantitative estimate of drug-likeness (QED) is 0.727. The molecule has 0 fully saturated rings. The van der Waals surface area contributed by atoms with Crippen molar-refractivity contribution >= 4 is 17.1 Å². The highest BCUT2D eigenvalue weighted by molar-refractivity contribution is 6.14. The lowest BCUT2D eigenvalue weighted by Crippen LogP contribution is -2.17. The minimum absolute atomic E-state index is 0.234. The van der Waals surface area contributed by atoms with Gasteiger partial charge >= 0.3 is 6.36 Å². The van der Waals surface area contributed by atoms with Crippen molar-refractivity contribution in [1.29, 1.82) is 10.7 Å². The first-order chi connectivity index (χ1) is 11.3. The number of benzene rings is 2. The number of nitrogens with zero attached hydrogens (tertiary/aromatic N) is 1. The molecule has 0 bridgehead atoms. The lowest BCUT2D eigenvalue weighted by atomic mass is 10.0. The number of rotatable bonds is 5. The molecular weight excluding hydrogens is 323 g/mol. The highest BCUT2D eigenvalue weighted by Crippen LogP contribution is 2.28. The smallest absolute Gasteiger partial charge is 0.406 e. The number of aliphatic hydroxyl groups is 1. The van der Waals surface area contributed by atoms with Gasteiger partial charge in [-0.05, 0) is 35.9 Å². The first-order valence-corrected chi connectivity index (χ1v) is 6.68. The van der Waals surface area contributed by atoms with Crippen LogP contribution in [0, 0.1) is 16.7 Å². The number of hydrogen-bond donors (Lipinski definition) is 3. The molecule has 2 rings (SSSR count). The van der Waals surface area contributed by atoms with Gasteiger partial charge in [0.2, 0.25) is 0 Å². The van der Waals surface area contributed by atoms with Crippen LogP contribution in [0.2, 0.25) is 0 Å². The minimum Gasteiger partial charge on any atom is -0.406 e. The molecule has 2 aromatic carbocycles. The average molecular weight is 335 g/mol. The number of anilines is 2. The third kappa shape index (κ3) is 4.24. The zero-order chi connectivity index (χ0) is 17.7. The van der Waals surface area contributed by atoms with Crippen molar-refractivity contribution in [2.24, 2.45) is 0 Å². The van der Waals surface area contributed by atoms with Gasteiger partial charge in [-0.15, -0.1) is 13.2 Å².